The van der Waals surface area contributed by atoms with Gasteiger partial charge in [-0.05, 0) is 42.8 Å². The molecule has 14 heteroatoms. The first-order chi connectivity index (χ1) is 12.8. The van der Waals surface area contributed by atoms with Crippen molar-refractivity contribution in [2.24, 2.45) is 0 Å². The summed E-state index contributed by atoms with van der Waals surface area (Å²) in [7, 11) is -4.42. The molecule has 0 atom stereocenters. The molecule has 3 rings (SSSR count). The molecule has 3 aromatic rings. The number of aryl methyl sites for hydroxylation is 1. The molecular weight excluding hydrogens is 416 g/mol. The summed E-state index contributed by atoms with van der Waals surface area (Å²) in [6, 6.07) is 4.07. The zero-order chi connectivity index (χ0) is 20.9. The highest BCUT2D eigenvalue weighted by Gasteiger charge is 2.38. The summed E-state index contributed by atoms with van der Waals surface area (Å²) in [4.78, 5) is -0.484. The highest BCUT2D eigenvalue weighted by atomic mass is 32.2. The summed E-state index contributed by atoms with van der Waals surface area (Å²) in [6.45, 7) is 1.15. The Morgan fingerprint density at radius 2 is 1.64 bits per heavy atom. The maximum atomic E-state index is 12.9. The third-order valence-electron chi connectivity index (χ3n) is 3.55. The van der Waals surface area contributed by atoms with E-state index in [1.54, 1.807) is 0 Å². The molecule has 0 saturated heterocycles. The molecule has 0 amide bonds. The monoisotopic (exact) mass is 425 g/mol. The van der Waals surface area contributed by atoms with Crippen LogP contribution in [0.15, 0.2) is 35.2 Å². The number of halogens is 6. The van der Waals surface area contributed by atoms with Gasteiger partial charge in [0.25, 0.3) is 15.8 Å². The summed E-state index contributed by atoms with van der Waals surface area (Å²) in [5.74, 6) is -1.97. The van der Waals surface area contributed by atoms with Gasteiger partial charge in [0, 0.05) is 0 Å². The fraction of sp³-hybridized carbons (Fsp3) is 0.214. The lowest BCUT2D eigenvalue weighted by Gasteiger charge is -2.13. The molecule has 2 aromatic heterocycles. The van der Waals surface area contributed by atoms with Gasteiger partial charge in [0.05, 0.1) is 10.5 Å². The number of sulfonamides is 1. The van der Waals surface area contributed by atoms with Crippen LogP contribution in [-0.4, -0.2) is 28.2 Å². The number of hydrogen-bond acceptors (Lipinski definition) is 5. The SMILES string of the molecule is Cc1cc(C(F)(F)F)ccc1S(=O)(=O)Nc1ccc2nnc(C(F)(F)F)n2n1. The van der Waals surface area contributed by atoms with Crippen LogP contribution in [0.5, 0.6) is 0 Å². The molecular formula is C14H9F6N5O2S. The summed E-state index contributed by atoms with van der Waals surface area (Å²) < 4.78 is 104. The van der Waals surface area contributed by atoms with E-state index in [-0.39, 0.29) is 11.2 Å². The highest BCUT2D eigenvalue weighted by Crippen LogP contribution is 2.32. The lowest BCUT2D eigenvalue weighted by Crippen LogP contribution is -2.18. The Hall–Kier alpha value is -2.90. The molecule has 1 aromatic carbocycles. The Kier molecular flexibility index (Phi) is 4.48. The number of hydrogen-bond donors (Lipinski definition) is 1. The summed E-state index contributed by atoms with van der Waals surface area (Å²) >= 11 is 0. The third kappa shape index (κ3) is 3.72. The highest BCUT2D eigenvalue weighted by molar-refractivity contribution is 7.92. The van der Waals surface area contributed by atoms with Crippen molar-refractivity contribution in [1.29, 1.82) is 0 Å². The van der Waals surface area contributed by atoms with Crippen LogP contribution >= 0.6 is 0 Å². The van der Waals surface area contributed by atoms with E-state index >= 15 is 0 Å². The molecule has 0 fully saturated rings. The summed E-state index contributed by atoms with van der Waals surface area (Å²) in [5.41, 5.74) is -1.52. The van der Waals surface area contributed by atoms with Gasteiger partial charge in [-0.15, -0.1) is 15.3 Å². The van der Waals surface area contributed by atoms with Gasteiger partial charge in [-0.25, -0.2) is 8.42 Å². The largest absolute Gasteiger partial charge is 0.453 e. The molecule has 0 aliphatic rings. The van der Waals surface area contributed by atoms with E-state index < -0.39 is 44.5 Å². The second-order valence-corrected chi connectivity index (χ2v) is 7.24. The molecule has 0 unspecified atom stereocenters. The van der Waals surface area contributed by atoms with Crippen molar-refractivity contribution in [3.05, 3.63) is 47.3 Å². The van der Waals surface area contributed by atoms with Crippen molar-refractivity contribution in [1.82, 2.24) is 19.8 Å². The average molecular weight is 425 g/mol. The Labute approximate surface area is 153 Å². The number of rotatable bonds is 3. The molecule has 7 nitrogen and oxygen atoms in total. The predicted octanol–water partition coefficient (Wildman–Crippen LogP) is 3.27. The Balaban J connectivity index is 1.99. The molecule has 28 heavy (non-hydrogen) atoms. The van der Waals surface area contributed by atoms with Crippen LogP contribution in [0.3, 0.4) is 0 Å². The zero-order valence-corrected chi connectivity index (χ0v) is 14.5. The topological polar surface area (TPSA) is 89.2 Å². The molecule has 0 spiro atoms. The van der Waals surface area contributed by atoms with E-state index in [1.807, 2.05) is 4.72 Å². The van der Waals surface area contributed by atoms with Crippen molar-refractivity contribution in [2.75, 3.05) is 4.72 Å². The average Bonchev–Trinajstić information content (AvgIpc) is 2.96. The van der Waals surface area contributed by atoms with E-state index in [9.17, 15) is 34.8 Å². The van der Waals surface area contributed by atoms with E-state index in [2.05, 4.69) is 15.3 Å². The number of anilines is 1. The van der Waals surface area contributed by atoms with Crippen LogP contribution in [0.2, 0.25) is 0 Å². The smallest absolute Gasteiger partial charge is 0.262 e. The first-order valence-electron chi connectivity index (χ1n) is 7.29. The molecule has 0 aliphatic carbocycles. The van der Waals surface area contributed by atoms with Crippen LogP contribution in [0.1, 0.15) is 17.0 Å². The summed E-state index contributed by atoms with van der Waals surface area (Å²) in [5, 5.41) is 9.73. The van der Waals surface area contributed by atoms with E-state index in [0.29, 0.717) is 16.6 Å². The molecule has 0 aliphatic heterocycles. The van der Waals surface area contributed by atoms with E-state index in [0.717, 1.165) is 25.1 Å². The minimum absolute atomic E-state index is 0.205. The van der Waals surface area contributed by atoms with Gasteiger partial charge in [-0.1, -0.05) is 0 Å². The van der Waals surface area contributed by atoms with E-state index in [4.69, 9.17) is 0 Å². The quantitative estimate of drug-likeness (QED) is 0.651. The first-order valence-corrected chi connectivity index (χ1v) is 8.78. The lowest BCUT2D eigenvalue weighted by atomic mass is 10.1. The van der Waals surface area contributed by atoms with Crippen LogP contribution in [-0.2, 0) is 22.4 Å². The van der Waals surface area contributed by atoms with Crippen LogP contribution < -0.4 is 4.72 Å². The first kappa shape index (κ1) is 19.9. The van der Waals surface area contributed by atoms with Gasteiger partial charge in [-0.3, -0.25) is 4.72 Å². The molecule has 0 saturated carbocycles. The lowest BCUT2D eigenvalue weighted by molar-refractivity contribution is -0.146. The minimum Gasteiger partial charge on any atom is -0.262 e. The number of nitrogens with zero attached hydrogens (tertiary/aromatic N) is 4. The van der Waals surface area contributed by atoms with Crippen LogP contribution in [0.25, 0.3) is 5.65 Å². The van der Waals surface area contributed by atoms with Gasteiger partial charge < -0.3 is 0 Å². The maximum Gasteiger partial charge on any atom is 0.453 e. The number of alkyl halides is 6. The molecule has 2 heterocycles. The molecule has 0 radical (unpaired) electrons. The third-order valence-corrected chi connectivity index (χ3v) is 5.06. The second kappa shape index (κ2) is 6.32. The van der Waals surface area contributed by atoms with Gasteiger partial charge in [0.2, 0.25) is 0 Å². The predicted molar refractivity (Wildman–Crippen MR) is 82.8 cm³/mol. The number of fused-ring (bicyclic) bond motifs is 1. The Morgan fingerprint density at radius 1 is 0.964 bits per heavy atom. The number of aromatic nitrogens is 4. The van der Waals surface area contributed by atoms with Crippen molar-refractivity contribution in [2.45, 2.75) is 24.2 Å². The van der Waals surface area contributed by atoms with E-state index in [1.165, 1.54) is 0 Å². The second-order valence-electron chi connectivity index (χ2n) is 5.59. The van der Waals surface area contributed by atoms with Crippen molar-refractivity contribution >= 4 is 21.5 Å². The van der Waals surface area contributed by atoms with Crippen LogP contribution in [0.4, 0.5) is 32.2 Å². The van der Waals surface area contributed by atoms with Crippen molar-refractivity contribution in [3.8, 4) is 0 Å². The standard InChI is InChI=1S/C14H9F6N5O2S/c1-7-6-8(13(15,16)17)2-3-9(7)28(26,27)24-10-4-5-11-21-22-12(14(18,19)20)25(11)23-10/h2-6H,1H3,(H,23,24). The Bertz CT molecular complexity index is 1150. The summed E-state index contributed by atoms with van der Waals surface area (Å²) in [6.07, 6.45) is -9.54. The maximum absolute atomic E-state index is 12.9. The normalized spacial score (nSPS) is 13.1. The fourth-order valence-electron chi connectivity index (χ4n) is 2.34. The fourth-order valence-corrected chi connectivity index (χ4v) is 3.56. The zero-order valence-electron chi connectivity index (χ0n) is 13.7. The number of benzene rings is 1. The minimum atomic E-state index is -4.88. The van der Waals surface area contributed by atoms with Gasteiger partial charge in [0.15, 0.2) is 11.5 Å². The van der Waals surface area contributed by atoms with Crippen LogP contribution in [0, 0.1) is 6.92 Å². The molecule has 0 bridgehead atoms. The van der Waals surface area contributed by atoms with Gasteiger partial charge >= 0.3 is 12.4 Å². The van der Waals surface area contributed by atoms with Gasteiger partial charge in [0.1, 0.15) is 0 Å². The van der Waals surface area contributed by atoms with Gasteiger partial charge in [-0.2, -0.15) is 30.9 Å². The Morgan fingerprint density at radius 3 is 2.21 bits per heavy atom. The van der Waals surface area contributed by atoms with Crippen molar-refractivity contribution in [3.63, 3.8) is 0 Å². The molecule has 1 N–H and O–H groups in total. The number of nitrogens with one attached hydrogen (secondary N) is 1. The molecule has 150 valence electrons. The van der Waals surface area contributed by atoms with Crippen molar-refractivity contribution < 1.29 is 34.8 Å².